The normalized spacial score (nSPS) is 13.2. The van der Waals surface area contributed by atoms with E-state index in [4.69, 9.17) is 5.73 Å². The molecule has 1 unspecified atom stereocenters. The van der Waals surface area contributed by atoms with Crippen molar-refractivity contribution in [1.82, 2.24) is 9.78 Å². The van der Waals surface area contributed by atoms with Crippen LogP contribution in [0.3, 0.4) is 0 Å². The van der Waals surface area contributed by atoms with Crippen LogP contribution in [0.1, 0.15) is 36.5 Å². The van der Waals surface area contributed by atoms with Crippen molar-refractivity contribution in [3.05, 3.63) is 51.6 Å². The SMILES string of the molecule is CC(C)n1ncc(Br)c1C(N)c1cc2ccccc2s1. The zero-order valence-corrected chi connectivity index (χ0v) is 13.8. The Hall–Kier alpha value is -1.17. The first kappa shape index (κ1) is 13.8. The topological polar surface area (TPSA) is 43.8 Å². The Morgan fingerprint density at radius 2 is 2.05 bits per heavy atom. The van der Waals surface area contributed by atoms with Gasteiger partial charge >= 0.3 is 0 Å². The molecule has 0 amide bonds. The minimum atomic E-state index is -0.160. The first-order chi connectivity index (χ1) is 9.58. The first-order valence-electron chi connectivity index (χ1n) is 6.55. The number of fused-ring (bicyclic) bond motifs is 1. The van der Waals surface area contributed by atoms with Gasteiger partial charge in [-0.05, 0) is 47.3 Å². The molecule has 20 heavy (non-hydrogen) atoms. The fraction of sp³-hybridized carbons (Fsp3) is 0.267. The second-order valence-corrected chi connectivity index (χ2v) is 7.05. The van der Waals surface area contributed by atoms with Gasteiger partial charge in [0, 0.05) is 15.6 Å². The third-order valence-electron chi connectivity index (χ3n) is 3.32. The second kappa shape index (κ2) is 5.31. The van der Waals surface area contributed by atoms with Gasteiger partial charge in [-0.25, -0.2) is 0 Å². The molecule has 1 atom stereocenters. The maximum absolute atomic E-state index is 6.48. The average molecular weight is 350 g/mol. The molecule has 2 N–H and O–H groups in total. The molecule has 0 saturated carbocycles. The summed E-state index contributed by atoms with van der Waals surface area (Å²) in [5.41, 5.74) is 7.52. The molecule has 0 aliphatic rings. The van der Waals surface area contributed by atoms with Gasteiger partial charge in [0.1, 0.15) is 0 Å². The summed E-state index contributed by atoms with van der Waals surface area (Å²) >= 11 is 5.31. The van der Waals surface area contributed by atoms with Crippen LogP contribution in [-0.2, 0) is 0 Å². The van der Waals surface area contributed by atoms with Crippen LogP contribution >= 0.6 is 27.3 Å². The van der Waals surface area contributed by atoms with E-state index in [9.17, 15) is 0 Å². The zero-order chi connectivity index (χ0) is 14.3. The quantitative estimate of drug-likeness (QED) is 0.756. The maximum Gasteiger partial charge on any atom is 0.0829 e. The maximum atomic E-state index is 6.48. The standard InChI is InChI=1S/C15H16BrN3S/c1-9(2)19-15(11(16)8-18-19)14(17)13-7-10-5-3-4-6-12(10)20-13/h3-9,14H,17H2,1-2H3. The molecule has 0 saturated heterocycles. The van der Waals surface area contributed by atoms with Crippen LogP contribution in [-0.4, -0.2) is 9.78 Å². The third-order valence-corrected chi connectivity index (χ3v) is 5.13. The van der Waals surface area contributed by atoms with Crippen LogP contribution in [0.4, 0.5) is 0 Å². The van der Waals surface area contributed by atoms with Crippen LogP contribution in [0.2, 0.25) is 0 Å². The summed E-state index contributed by atoms with van der Waals surface area (Å²) in [5.74, 6) is 0. The van der Waals surface area contributed by atoms with E-state index in [1.807, 2.05) is 10.9 Å². The fourth-order valence-corrected chi connectivity index (χ4v) is 3.93. The fourth-order valence-electron chi connectivity index (χ4n) is 2.34. The highest BCUT2D eigenvalue weighted by Gasteiger charge is 2.21. The molecule has 1 aromatic carbocycles. The van der Waals surface area contributed by atoms with Crippen LogP contribution in [0.15, 0.2) is 41.0 Å². The average Bonchev–Trinajstić information content (AvgIpc) is 3.01. The minimum absolute atomic E-state index is 0.160. The monoisotopic (exact) mass is 349 g/mol. The molecule has 3 rings (SSSR count). The highest BCUT2D eigenvalue weighted by Crippen LogP contribution is 2.35. The summed E-state index contributed by atoms with van der Waals surface area (Å²) < 4.78 is 4.22. The van der Waals surface area contributed by atoms with Gasteiger partial charge < -0.3 is 5.73 Å². The molecule has 0 aliphatic heterocycles. The van der Waals surface area contributed by atoms with E-state index in [1.165, 1.54) is 10.1 Å². The molecule has 3 nitrogen and oxygen atoms in total. The Morgan fingerprint density at radius 1 is 1.30 bits per heavy atom. The van der Waals surface area contributed by atoms with Crippen molar-refractivity contribution < 1.29 is 0 Å². The number of thiophene rings is 1. The van der Waals surface area contributed by atoms with Crippen molar-refractivity contribution in [2.45, 2.75) is 25.9 Å². The molecule has 2 heterocycles. The molecular formula is C15H16BrN3S. The third kappa shape index (κ3) is 2.30. The number of halogens is 1. The number of hydrogen-bond acceptors (Lipinski definition) is 3. The zero-order valence-electron chi connectivity index (χ0n) is 11.4. The molecule has 0 aliphatic carbocycles. The number of aromatic nitrogens is 2. The lowest BCUT2D eigenvalue weighted by Crippen LogP contribution is -2.18. The number of rotatable bonds is 3. The predicted molar refractivity (Wildman–Crippen MR) is 88.2 cm³/mol. The summed E-state index contributed by atoms with van der Waals surface area (Å²) in [7, 11) is 0. The van der Waals surface area contributed by atoms with E-state index in [1.54, 1.807) is 11.3 Å². The summed E-state index contributed by atoms with van der Waals surface area (Å²) in [6, 6.07) is 10.7. The van der Waals surface area contributed by atoms with Gasteiger partial charge in [0.25, 0.3) is 0 Å². The van der Waals surface area contributed by atoms with E-state index in [0.717, 1.165) is 15.0 Å². The van der Waals surface area contributed by atoms with E-state index < -0.39 is 0 Å². The Labute approximate surface area is 130 Å². The van der Waals surface area contributed by atoms with Gasteiger partial charge in [-0.15, -0.1) is 11.3 Å². The van der Waals surface area contributed by atoms with Crippen LogP contribution in [0.5, 0.6) is 0 Å². The highest BCUT2D eigenvalue weighted by atomic mass is 79.9. The molecule has 0 spiro atoms. The van der Waals surface area contributed by atoms with Gasteiger partial charge in [-0.1, -0.05) is 18.2 Å². The molecule has 3 aromatic rings. The summed E-state index contributed by atoms with van der Waals surface area (Å²) in [6.07, 6.45) is 1.82. The molecule has 2 aromatic heterocycles. The van der Waals surface area contributed by atoms with E-state index in [-0.39, 0.29) is 12.1 Å². The lowest BCUT2D eigenvalue weighted by atomic mass is 10.1. The van der Waals surface area contributed by atoms with Gasteiger partial charge in [0.05, 0.1) is 22.4 Å². The number of nitrogens with zero attached hydrogens (tertiary/aromatic N) is 2. The van der Waals surface area contributed by atoms with Crippen molar-refractivity contribution >= 4 is 37.4 Å². The second-order valence-electron chi connectivity index (χ2n) is 5.08. The Bertz CT molecular complexity index is 711. The van der Waals surface area contributed by atoms with E-state index in [0.29, 0.717) is 0 Å². The summed E-state index contributed by atoms with van der Waals surface area (Å²) in [6.45, 7) is 4.22. The number of nitrogens with two attached hydrogens (primary N) is 1. The minimum Gasteiger partial charge on any atom is -0.318 e. The molecule has 0 fully saturated rings. The van der Waals surface area contributed by atoms with Gasteiger partial charge in [0.2, 0.25) is 0 Å². The largest absolute Gasteiger partial charge is 0.318 e. The lowest BCUT2D eigenvalue weighted by Gasteiger charge is -2.16. The lowest BCUT2D eigenvalue weighted by molar-refractivity contribution is 0.499. The number of benzene rings is 1. The van der Waals surface area contributed by atoms with Gasteiger partial charge in [-0.3, -0.25) is 4.68 Å². The molecular weight excluding hydrogens is 334 g/mol. The Morgan fingerprint density at radius 3 is 2.75 bits per heavy atom. The Balaban J connectivity index is 2.08. The summed E-state index contributed by atoms with van der Waals surface area (Å²) in [4.78, 5) is 1.16. The smallest absolute Gasteiger partial charge is 0.0829 e. The van der Waals surface area contributed by atoms with E-state index in [2.05, 4.69) is 65.2 Å². The van der Waals surface area contributed by atoms with Crippen molar-refractivity contribution in [3.63, 3.8) is 0 Å². The van der Waals surface area contributed by atoms with Crippen molar-refractivity contribution in [1.29, 1.82) is 0 Å². The van der Waals surface area contributed by atoms with Crippen molar-refractivity contribution in [3.8, 4) is 0 Å². The highest BCUT2D eigenvalue weighted by molar-refractivity contribution is 9.10. The van der Waals surface area contributed by atoms with Crippen molar-refractivity contribution in [2.24, 2.45) is 5.73 Å². The van der Waals surface area contributed by atoms with E-state index >= 15 is 0 Å². The van der Waals surface area contributed by atoms with Crippen LogP contribution in [0.25, 0.3) is 10.1 Å². The molecule has 0 radical (unpaired) electrons. The molecule has 104 valence electrons. The van der Waals surface area contributed by atoms with Crippen LogP contribution < -0.4 is 5.73 Å². The predicted octanol–water partition coefficient (Wildman–Crippen LogP) is 4.49. The molecule has 0 bridgehead atoms. The summed E-state index contributed by atoms with van der Waals surface area (Å²) in [5, 5.41) is 5.66. The molecule has 5 heteroatoms. The van der Waals surface area contributed by atoms with Gasteiger partial charge in [-0.2, -0.15) is 5.10 Å². The van der Waals surface area contributed by atoms with Crippen LogP contribution in [0, 0.1) is 0 Å². The Kier molecular flexibility index (Phi) is 3.67. The first-order valence-corrected chi connectivity index (χ1v) is 8.16. The number of hydrogen-bond donors (Lipinski definition) is 1. The van der Waals surface area contributed by atoms with Gasteiger partial charge in [0.15, 0.2) is 0 Å². The van der Waals surface area contributed by atoms with Crippen molar-refractivity contribution in [2.75, 3.05) is 0 Å².